The summed E-state index contributed by atoms with van der Waals surface area (Å²) in [5.41, 5.74) is 4.47. The van der Waals surface area contributed by atoms with Crippen molar-refractivity contribution in [3.8, 4) is 0 Å². The summed E-state index contributed by atoms with van der Waals surface area (Å²) < 4.78 is 21.8. The number of benzene rings is 2. The molecule has 2 heterocycles. The Hall–Kier alpha value is -2.84. The maximum Gasteiger partial charge on any atom is 0.173 e. The van der Waals surface area contributed by atoms with Gasteiger partial charge in [-0.05, 0) is 47.5 Å². The normalized spacial score (nSPS) is 15.9. The zero-order valence-electron chi connectivity index (χ0n) is 18.3. The fraction of sp³-hybridized carbons (Fsp3) is 0.435. The maximum atomic E-state index is 14.9. The molecule has 0 unspecified atom stereocenters. The molecule has 1 atom stereocenters. The average Bonchev–Trinajstić information content (AvgIpc) is 3.24. The van der Waals surface area contributed by atoms with Crippen LogP contribution in [0.4, 0.5) is 10.1 Å². The van der Waals surface area contributed by atoms with E-state index in [2.05, 4.69) is 57.4 Å². The predicted octanol–water partition coefficient (Wildman–Crippen LogP) is 2.99. The van der Waals surface area contributed by atoms with Crippen molar-refractivity contribution in [3.05, 3.63) is 70.8 Å². The van der Waals surface area contributed by atoms with Gasteiger partial charge in [-0.15, -0.1) is 5.10 Å². The molecule has 31 heavy (non-hydrogen) atoms. The van der Waals surface area contributed by atoms with E-state index in [1.807, 2.05) is 12.1 Å². The predicted molar refractivity (Wildman–Crippen MR) is 118 cm³/mol. The minimum absolute atomic E-state index is 0.245. The van der Waals surface area contributed by atoms with Crippen molar-refractivity contribution in [3.63, 3.8) is 0 Å². The molecule has 1 aliphatic rings. The fourth-order valence-electron chi connectivity index (χ4n) is 4.24. The Morgan fingerprint density at radius 3 is 2.55 bits per heavy atom. The molecule has 8 heteroatoms. The van der Waals surface area contributed by atoms with Gasteiger partial charge in [0.15, 0.2) is 5.82 Å². The Balaban J connectivity index is 1.61. The standard InChI is InChI=1S/C23H29FN6O/c1-17-7-6-10-21(18(17)2)28-11-13-29(14-12-28)22(19-8-4-5-9-20(19)24)23-25-26-27-30(23)15-16-31-3/h4-10,22H,11-16H2,1-3H3/t22-/m0/s1. The molecule has 0 aliphatic carbocycles. The fourth-order valence-corrected chi connectivity index (χ4v) is 4.24. The number of methoxy groups -OCH3 is 1. The summed E-state index contributed by atoms with van der Waals surface area (Å²) in [6, 6.07) is 13.0. The molecule has 1 saturated heterocycles. The van der Waals surface area contributed by atoms with Crippen molar-refractivity contribution in [1.29, 1.82) is 0 Å². The summed E-state index contributed by atoms with van der Waals surface area (Å²) in [5.74, 6) is 0.396. The number of halogens is 1. The first-order valence-electron chi connectivity index (χ1n) is 10.6. The lowest BCUT2D eigenvalue weighted by Gasteiger charge is -2.40. The van der Waals surface area contributed by atoms with Crippen molar-refractivity contribution < 1.29 is 9.13 Å². The molecule has 0 spiro atoms. The highest BCUT2D eigenvalue weighted by atomic mass is 19.1. The number of tetrazole rings is 1. The number of aryl methyl sites for hydroxylation is 1. The van der Waals surface area contributed by atoms with E-state index in [0.717, 1.165) is 26.2 Å². The van der Waals surface area contributed by atoms with E-state index < -0.39 is 0 Å². The molecular formula is C23H29FN6O. The molecule has 0 saturated carbocycles. The van der Waals surface area contributed by atoms with Gasteiger partial charge in [0.1, 0.15) is 11.9 Å². The number of anilines is 1. The lowest BCUT2D eigenvalue weighted by molar-refractivity contribution is 0.171. The molecule has 0 amide bonds. The molecule has 0 bridgehead atoms. The van der Waals surface area contributed by atoms with E-state index in [9.17, 15) is 4.39 Å². The molecular weight excluding hydrogens is 395 g/mol. The van der Waals surface area contributed by atoms with Crippen LogP contribution in [0.1, 0.15) is 28.6 Å². The van der Waals surface area contributed by atoms with Crippen LogP contribution >= 0.6 is 0 Å². The average molecular weight is 425 g/mol. The van der Waals surface area contributed by atoms with E-state index >= 15 is 0 Å². The molecule has 2 aromatic carbocycles. The Morgan fingerprint density at radius 1 is 1.03 bits per heavy atom. The molecule has 3 aromatic rings. The van der Waals surface area contributed by atoms with Crippen LogP contribution in [0.15, 0.2) is 42.5 Å². The summed E-state index contributed by atoms with van der Waals surface area (Å²) in [6.45, 7) is 8.60. The van der Waals surface area contributed by atoms with Crippen molar-refractivity contribution in [2.45, 2.75) is 26.4 Å². The SMILES string of the molecule is COCCn1nnnc1[C@H](c1ccccc1F)N1CCN(c2cccc(C)c2C)CC1. The van der Waals surface area contributed by atoms with Crippen LogP contribution < -0.4 is 4.90 Å². The summed E-state index contributed by atoms with van der Waals surface area (Å²) in [4.78, 5) is 4.68. The maximum absolute atomic E-state index is 14.9. The van der Waals surface area contributed by atoms with Crippen molar-refractivity contribution in [2.24, 2.45) is 0 Å². The van der Waals surface area contributed by atoms with Gasteiger partial charge in [-0.3, -0.25) is 4.90 Å². The molecule has 164 valence electrons. The van der Waals surface area contributed by atoms with Gasteiger partial charge in [0.25, 0.3) is 0 Å². The molecule has 4 rings (SSSR count). The van der Waals surface area contributed by atoms with E-state index in [1.165, 1.54) is 22.9 Å². The highest BCUT2D eigenvalue weighted by Crippen LogP contribution is 2.31. The van der Waals surface area contributed by atoms with Crippen LogP contribution in [-0.2, 0) is 11.3 Å². The molecule has 7 nitrogen and oxygen atoms in total. The van der Waals surface area contributed by atoms with Gasteiger partial charge in [-0.25, -0.2) is 9.07 Å². The first-order chi connectivity index (χ1) is 15.1. The van der Waals surface area contributed by atoms with Crippen LogP contribution in [0.3, 0.4) is 0 Å². The quantitative estimate of drug-likeness (QED) is 0.581. The number of hydrogen-bond acceptors (Lipinski definition) is 6. The van der Waals surface area contributed by atoms with Gasteiger partial charge >= 0.3 is 0 Å². The van der Waals surface area contributed by atoms with Crippen LogP contribution in [0.2, 0.25) is 0 Å². The highest BCUT2D eigenvalue weighted by molar-refractivity contribution is 5.56. The smallest absolute Gasteiger partial charge is 0.173 e. The number of nitrogens with zero attached hydrogens (tertiary/aromatic N) is 6. The number of hydrogen-bond donors (Lipinski definition) is 0. The third-order valence-corrected chi connectivity index (χ3v) is 6.11. The Morgan fingerprint density at radius 2 is 1.81 bits per heavy atom. The number of rotatable bonds is 7. The van der Waals surface area contributed by atoms with Crippen LogP contribution in [-0.4, -0.2) is 65.0 Å². The topological polar surface area (TPSA) is 59.3 Å². The van der Waals surface area contributed by atoms with Crippen molar-refractivity contribution in [1.82, 2.24) is 25.1 Å². The van der Waals surface area contributed by atoms with Gasteiger partial charge < -0.3 is 9.64 Å². The molecule has 1 aliphatic heterocycles. The third-order valence-electron chi connectivity index (χ3n) is 6.11. The van der Waals surface area contributed by atoms with Crippen molar-refractivity contribution in [2.75, 3.05) is 44.8 Å². The monoisotopic (exact) mass is 424 g/mol. The Bertz CT molecular complexity index is 1010. The minimum Gasteiger partial charge on any atom is -0.383 e. The van der Waals surface area contributed by atoms with E-state index in [1.54, 1.807) is 17.9 Å². The molecule has 0 radical (unpaired) electrons. The summed E-state index contributed by atoms with van der Waals surface area (Å²) in [7, 11) is 1.64. The van der Waals surface area contributed by atoms with E-state index in [0.29, 0.717) is 24.5 Å². The second-order valence-corrected chi connectivity index (χ2v) is 7.92. The zero-order chi connectivity index (χ0) is 21.8. The second kappa shape index (κ2) is 9.53. The second-order valence-electron chi connectivity index (χ2n) is 7.92. The summed E-state index contributed by atoms with van der Waals surface area (Å²) in [5, 5.41) is 12.3. The largest absolute Gasteiger partial charge is 0.383 e. The number of aromatic nitrogens is 4. The van der Waals surface area contributed by atoms with Crippen LogP contribution in [0.25, 0.3) is 0 Å². The lowest BCUT2D eigenvalue weighted by Crippen LogP contribution is -2.48. The zero-order valence-corrected chi connectivity index (χ0v) is 18.3. The first kappa shape index (κ1) is 21.4. The number of piperazine rings is 1. The van der Waals surface area contributed by atoms with Gasteiger partial charge in [0.2, 0.25) is 0 Å². The molecule has 1 aromatic heterocycles. The molecule has 0 N–H and O–H groups in total. The van der Waals surface area contributed by atoms with Crippen LogP contribution in [0.5, 0.6) is 0 Å². The van der Waals surface area contributed by atoms with Gasteiger partial charge in [0.05, 0.1) is 13.2 Å². The third kappa shape index (κ3) is 4.45. The highest BCUT2D eigenvalue weighted by Gasteiger charge is 2.32. The minimum atomic E-state index is -0.353. The van der Waals surface area contributed by atoms with Gasteiger partial charge in [0, 0.05) is 44.5 Å². The van der Waals surface area contributed by atoms with Crippen LogP contribution in [0, 0.1) is 19.7 Å². The summed E-state index contributed by atoms with van der Waals surface area (Å²) in [6.07, 6.45) is 0. The Labute approximate surface area is 182 Å². The number of ether oxygens (including phenoxy) is 1. The van der Waals surface area contributed by atoms with E-state index in [-0.39, 0.29) is 11.9 Å². The van der Waals surface area contributed by atoms with Gasteiger partial charge in [-0.1, -0.05) is 30.3 Å². The van der Waals surface area contributed by atoms with Crippen molar-refractivity contribution >= 4 is 5.69 Å². The van der Waals surface area contributed by atoms with E-state index in [4.69, 9.17) is 4.74 Å². The lowest BCUT2D eigenvalue weighted by atomic mass is 10.0. The summed E-state index contributed by atoms with van der Waals surface area (Å²) >= 11 is 0. The molecule has 1 fully saturated rings. The van der Waals surface area contributed by atoms with Gasteiger partial charge in [-0.2, -0.15) is 0 Å². The Kier molecular flexibility index (Phi) is 6.58. The first-order valence-corrected chi connectivity index (χ1v) is 10.6.